The summed E-state index contributed by atoms with van der Waals surface area (Å²) in [5, 5.41) is 6.27. The standard InChI is InChI=1S/C27H35N5O3/c1-4-34-24-16-21(17-25(35-5-2)27(24)32-12-6-7-13-32)19-31-14-10-22(11-15-31)30-23-8-9-26(28-18-23)29-20(3)33/h6-9,12-13,16-18,22,30H,4-5,10-11,14-15,19H2,1-3H3,(H,28,29,33). The monoisotopic (exact) mass is 477 g/mol. The number of anilines is 2. The Bertz CT molecular complexity index is 1060. The van der Waals surface area contributed by atoms with Crippen molar-refractivity contribution in [2.24, 2.45) is 0 Å². The maximum atomic E-state index is 11.2. The van der Waals surface area contributed by atoms with E-state index in [0.717, 1.165) is 55.3 Å². The number of hydrogen-bond donors (Lipinski definition) is 2. The van der Waals surface area contributed by atoms with Crippen molar-refractivity contribution < 1.29 is 14.3 Å². The molecule has 1 saturated heterocycles. The van der Waals surface area contributed by atoms with Gasteiger partial charge in [0.25, 0.3) is 0 Å². The first kappa shape index (κ1) is 24.6. The molecule has 2 aromatic heterocycles. The molecule has 186 valence electrons. The Hall–Kier alpha value is -3.52. The number of hydrogen-bond acceptors (Lipinski definition) is 6. The first-order chi connectivity index (χ1) is 17.1. The number of pyridine rings is 1. The molecule has 4 rings (SSSR count). The summed E-state index contributed by atoms with van der Waals surface area (Å²) in [6.45, 7) is 9.55. The van der Waals surface area contributed by atoms with E-state index in [-0.39, 0.29) is 5.91 Å². The predicted octanol–water partition coefficient (Wildman–Crippen LogP) is 4.70. The summed E-state index contributed by atoms with van der Waals surface area (Å²) in [6.07, 6.45) is 7.90. The van der Waals surface area contributed by atoms with E-state index in [1.165, 1.54) is 12.5 Å². The summed E-state index contributed by atoms with van der Waals surface area (Å²) < 4.78 is 14.1. The number of likely N-dealkylation sites (tertiary alicyclic amines) is 1. The van der Waals surface area contributed by atoms with Crippen LogP contribution in [0.2, 0.25) is 0 Å². The van der Waals surface area contributed by atoms with Gasteiger partial charge in [-0.3, -0.25) is 9.69 Å². The summed E-state index contributed by atoms with van der Waals surface area (Å²) in [6, 6.07) is 12.5. The second-order valence-electron chi connectivity index (χ2n) is 8.71. The van der Waals surface area contributed by atoms with Gasteiger partial charge in [-0.25, -0.2) is 4.98 Å². The topological polar surface area (TPSA) is 80.7 Å². The van der Waals surface area contributed by atoms with E-state index in [1.54, 1.807) is 6.20 Å². The Morgan fingerprint density at radius 1 is 1.06 bits per heavy atom. The first-order valence-corrected chi connectivity index (χ1v) is 12.3. The van der Waals surface area contributed by atoms with Crippen molar-refractivity contribution in [1.29, 1.82) is 0 Å². The molecule has 1 fully saturated rings. The van der Waals surface area contributed by atoms with Gasteiger partial charge in [-0.1, -0.05) is 0 Å². The molecule has 35 heavy (non-hydrogen) atoms. The van der Waals surface area contributed by atoms with E-state index < -0.39 is 0 Å². The summed E-state index contributed by atoms with van der Waals surface area (Å²) in [4.78, 5) is 17.9. The summed E-state index contributed by atoms with van der Waals surface area (Å²) in [5.74, 6) is 2.14. The Kier molecular flexibility index (Phi) is 8.26. The second-order valence-corrected chi connectivity index (χ2v) is 8.71. The van der Waals surface area contributed by atoms with E-state index in [0.29, 0.717) is 25.1 Å². The molecule has 8 heteroatoms. The van der Waals surface area contributed by atoms with Crippen molar-refractivity contribution >= 4 is 17.4 Å². The smallest absolute Gasteiger partial charge is 0.222 e. The number of carbonyl (C=O) groups excluding carboxylic acids is 1. The molecule has 1 aromatic carbocycles. The number of benzene rings is 1. The van der Waals surface area contributed by atoms with Crippen molar-refractivity contribution in [3.05, 3.63) is 60.6 Å². The minimum absolute atomic E-state index is 0.119. The Morgan fingerprint density at radius 3 is 2.26 bits per heavy atom. The zero-order valence-electron chi connectivity index (χ0n) is 20.8. The highest BCUT2D eigenvalue weighted by Gasteiger charge is 2.21. The number of piperidine rings is 1. The minimum atomic E-state index is -0.119. The molecule has 3 heterocycles. The van der Waals surface area contributed by atoms with Crippen LogP contribution in [-0.2, 0) is 11.3 Å². The number of nitrogens with one attached hydrogen (secondary N) is 2. The van der Waals surface area contributed by atoms with Crippen LogP contribution in [0.5, 0.6) is 11.5 Å². The number of rotatable bonds is 10. The molecule has 0 radical (unpaired) electrons. The predicted molar refractivity (Wildman–Crippen MR) is 139 cm³/mol. The number of aromatic nitrogens is 2. The molecular formula is C27H35N5O3. The molecule has 0 aliphatic carbocycles. The van der Waals surface area contributed by atoms with Crippen LogP contribution < -0.4 is 20.1 Å². The van der Waals surface area contributed by atoms with Crippen LogP contribution in [0.3, 0.4) is 0 Å². The maximum absolute atomic E-state index is 11.2. The summed E-state index contributed by atoms with van der Waals surface area (Å²) in [7, 11) is 0. The van der Waals surface area contributed by atoms with Crippen molar-refractivity contribution in [3.63, 3.8) is 0 Å². The molecule has 1 aliphatic heterocycles. The van der Waals surface area contributed by atoms with Gasteiger partial charge in [0, 0.05) is 45.0 Å². The first-order valence-electron chi connectivity index (χ1n) is 12.3. The van der Waals surface area contributed by atoms with Crippen LogP contribution in [0.25, 0.3) is 5.69 Å². The van der Waals surface area contributed by atoms with Gasteiger partial charge in [0.2, 0.25) is 5.91 Å². The third-order valence-corrected chi connectivity index (χ3v) is 5.99. The number of ether oxygens (including phenoxy) is 2. The fourth-order valence-electron chi connectivity index (χ4n) is 4.46. The van der Waals surface area contributed by atoms with E-state index in [2.05, 4.69) is 37.2 Å². The quantitative estimate of drug-likeness (QED) is 0.440. The normalized spacial score (nSPS) is 14.5. The lowest BCUT2D eigenvalue weighted by Crippen LogP contribution is -2.38. The highest BCUT2D eigenvalue weighted by molar-refractivity contribution is 5.87. The van der Waals surface area contributed by atoms with Crippen LogP contribution in [0.1, 0.15) is 39.2 Å². The van der Waals surface area contributed by atoms with Crippen molar-refractivity contribution in [1.82, 2.24) is 14.5 Å². The van der Waals surface area contributed by atoms with Gasteiger partial charge in [-0.05, 0) is 68.7 Å². The Labute approximate surface area is 207 Å². The number of carbonyl (C=O) groups is 1. The van der Waals surface area contributed by atoms with Crippen LogP contribution in [-0.4, -0.2) is 52.7 Å². The average molecular weight is 478 g/mol. The molecule has 2 N–H and O–H groups in total. The van der Waals surface area contributed by atoms with Gasteiger partial charge in [0.15, 0.2) is 0 Å². The molecule has 1 amide bonds. The van der Waals surface area contributed by atoms with Gasteiger partial charge in [0.05, 0.1) is 25.1 Å². The Morgan fingerprint density at radius 2 is 1.71 bits per heavy atom. The molecule has 0 unspecified atom stereocenters. The third-order valence-electron chi connectivity index (χ3n) is 5.99. The highest BCUT2D eigenvalue weighted by atomic mass is 16.5. The molecule has 0 spiro atoms. The van der Waals surface area contributed by atoms with Gasteiger partial charge in [-0.2, -0.15) is 0 Å². The van der Waals surface area contributed by atoms with Crippen molar-refractivity contribution in [3.8, 4) is 17.2 Å². The molecular weight excluding hydrogens is 442 g/mol. The van der Waals surface area contributed by atoms with E-state index in [4.69, 9.17) is 9.47 Å². The fourth-order valence-corrected chi connectivity index (χ4v) is 4.46. The lowest BCUT2D eigenvalue weighted by atomic mass is 10.0. The molecule has 3 aromatic rings. The molecule has 0 saturated carbocycles. The zero-order valence-corrected chi connectivity index (χ0v) is 20.8. The van der Waals surface area contributed by atoms with Crippen LogP contribution in [0.15, 0.2) is 55.0 Å². The fraction of sp³-hybridized carbons (Fsp3) is 0.407. The molecule has 8 nitrogen and oxygen atoms in total. The lowest BCUT2D eigenvalue weighted by molar-refractivity contribution is -0.114. The van der Waals surface area contributed by atoms with E-state index in [1.807, 2.05) is 50.5 Å². The molecule has 1 aliphatic rings. The molecule has 0 atom stereocenters. The highest BCUT2D eigenvalue weighted by Crippen LogP contribution is 2.35. The lowest BCUT2D eigenvalue weighted by Gasteiger charge is -2.33. The average Bonchev–Trinajstić information content (AvgIpc) is 3.36. The summed E-state index contributed by atoms with van der Waals surface area (Å²) >= 11 is 0. The van der Waals surface area contributed by atoms with Gasteiger partial charge in [-0.15, -0.1) is 0 Å². The maximum Gasteiger partial charge on any atom is 0.222 e. The van der Waals surface area contributed by atoms with Crippen LogP contribution in [0, 0.1) is 0 Å². The number of amides is 1. The SMILES string of the molecule is CCOc1cc(CN2CCC(Nc3ccc(NC(C)=O)nc3)CC2)cc(OCC)c1-n1cccc1. The van der Waals surface area contributed by atoms with Crippen LogP contribution in [0.4, 0.5) is 11.5 Å². The van der Waals surface area contributed by atoms with E-state index in [9.17, 15) is 4.79 Å². The van der Waals surface area contributed by atoms with Gasteiger partial charge >= 0.3 is 0 Å². The van der Waals surface area contributed by atoms with Crippen molar-refractivity contribution in [2.75, 3.05) is 36.9 Å². The Balaban J connectivity index is 1.39. The van der Waals surface area contributed by atoms with Gasteiger partial charge < -0.3 is 24.7 Å². The van der Waals surface area contributed by atoms with Crippen LogP contribution >= 0.6 is 0 Å². The molecule has 0 bridgehead atoms. The van der Waals surface area contributed by atoms with E-state index >= 15 is 0 Å². The summed E-state index contributed by atoms with van der Waals surface area (Å²) in [5.41, 5.74) is 3.11. The zero-order chi connectivity index (χ0) is 24.6. The van der Waals surface area contributed by atoms with Crippen molar-refractivity contribution in [2.45, 2.75) is 46.2 Å². The second kappa shape index (κ2) is 11.8. The van der Waals surface area contributed by atoms with Gasteiger partial charge in [0.1, 0.15) is 23.0 Å². The largest absolute Gasteiger partial charge is 0.492 e. The number of nitrogens with zero attached hydrogens (tertiary/aromatic N) is 3. The third kappa shape index (κ3) is 6.54. The minimum Gasteiger partial charge on any atom is -0.492 e.